The second-order valence-corrected chi connectivity index (χ2v) is 6.27. The standard InChI is InChI=1S/C20H17NO5/c1-11-5-15-14(8-19(22)26-17(15)6-12(11)2)9-21-20(23)13-3-4-16-18(7-13)25-10-24-16/h3-8H,9-10H2,1-2H3,(H,21,23). The fraction of sp³-hybridized carbons (Fsp3) is 0.200. The first kappa shape index (κ1) is 16.2. The maximum atomic E-state index is 12.5. The second kappa shape index (κ2) is 6.22. The van der Waals surface area contributed by atoms with Crippen LogP contribution in [0, 0.1) is 13.8 Å². The van der Waals surface area contributed by atoms with Gasteiger partial charge in [0.1, 0.15) is 5.58 Å². The Bertz CT molecular complexity index is 1080. The van der Waals surface area contributed by atoms with Gasteiger partial charge in [0.15, 0.2) is 11.5 Å². The van der Waals surface area contributed by atoms with Gasteiger partial charge in [-0.15, -0.1) is 0 Å². The zero-order valence-corrected chi connectivity index (χ0v) is 14.4. The van der Waals surface area contributed by atoms with Gasteiger partial charge in [-0.1, -0.05) is 0 Å². The number of ether oxygens (including phenoxy) is 2. The van der Waals surface area contributed by atoms with Crippen molar-refractivity contribution < 1.29 is 18.7 Å². The highest BCUT2D eigenvalue weighted by molar-refractivity contribution is 5.95. The maximum absolute atomic E-state index is 12.5. The molecule has 0 aliphatic carbocycles. The second-order valence-electron chi connectivity index (χ2n) is 6.27. The van der Waals surface area contributed by atoms with Gasteiger partial charge in [-0.25, -0.2) is 4.79 Å². The molecule has 1 amide bonds. The highest BCUT2D eigenvalue weighted by Gasteiger charge is 2.16. The Balaban J connectivity index is 1.60. The molecule has 0 saturated heterocycles. The van der Waals surface area contributed by atoms with Gasteiger partial charge < -0.3 is 19.2 Å². The molecule has 0 saturated carbocycles. The summed E-state index contributed by atoms with van der Waals surface area (Å²) in [5, 5.41) is 3.66. The van der Waals surface area contributed by atoms with E-state index in [0.717, 1.165) is 16.5 Å². The third-order valence-electron chi connectivity index (χ3n) is 4.52. The molecule has 132 valence electrons. The molecule has 1 aromatic heterocycles. The summed E-state index contributed by atoms with van der Waals surface area (Å²) in [6.45, 7) is 4.33. The van der Waals surface area contributed by atoms with Gasteiger partial charge in [0, 0.05) is 23.6 Å². The lowest BCUT2D eigenvalue weighted by Gasteiger charge is -2.10. The maximum Gasteiger partial charge on any atom is 0.336 e. The van der Waals surface area contributed by atoms with Gasteiger partial charge >= 0.3 is 5.63 Å². The molecule has 6 nitrogen and oxygen atoms in total. The van der Waals surface area contributed by atoms with E-state index in [0.29, 0.717) is 28.2 Å². The lowest BCUT2D eigenvalue weighted by atomic mass is 10.0. The summed E-state index contributed by atoms with van der Waals surface area (Å²) in [6, 6.07) is 10.2. The molecular formula is C20H17NO5. The quantitative estimate of drug-likeness (QED) is 0.734. The Hall–Kier alpha value is -3.28. The van der Waals surface area contributed by atoms with E-state index in [9.17, 15) is 9.59 Å². The van der Waals surface area contributed by atoms with E-state index in [1.807, 2.05) is 26.0 Å². The Morgan fingerprint density at radius 3 is 2.65 bits per heavy atom. The summed E-state index contributed by atoms with van der Waals surface area (Å²) in [5.41, 5.74) is 3.40. The minimum atomic E-state index is -0.437. The number of fused-ring (bicyclic) bond motifs is 2. The van der Waals surface area contributed by atoms with Crippen LogP contribution in [0.4, 0.5) is 0 Å². The highest BCUT2D eigenvalue weighted by atomic mass is 16.7. The molecule has 1 aliphatic rings. The molecule has 0 atom stereocenters. The van der Waals surface area contributed by atoms with Crippen molar-refractivity contribution in [1.29, 1.82) is 0 Å². The zero-order chi connectivity index (χ0) is 18.3. The van der Waals surface area contributed by atoms with Crippen LogP contribution in [0.2, 0.25) is 0 Å². The number of carbonyl (C=O) groups is 1. The van der Waals surface area contributed by atoms with Crippen LogP contribution >= 0.6 is 0 Å². The summed E-state index contributed by atoms with van der Waals surface area (Å²) in [7, 11) is 0. The first-order chi connectivity index (χ1) is 12.5. The topological polar surface area (TPSA) is 77.8 Å². The molecule has 1 N–H and O–H groups in total. The van der Waals surface area contributed by atoms with Gasteiger partial charge in [0.25, 0.3) is 5.91 Å². The predicted molar refractivity (Wildman–Crippen MR) is 95.7 cm³/mol. The van der Waals surface area contributed by atoms with Crippen molar-refractivity contribution in [2.24, 2.45) is 0 Å². The van der Waals surface area contributed by atoms with Crippen molar-refractivity contribution in [3.05, 3.63) is 69.1 Å². The van der Waals surface area contributed by atoms with E-state index in [4.69, 9.17) is 13.9 Å². The molecule has 0 spiro atoms. The van der Waals surface area contributed by atoms with Crippen LogP contribution < -0.4 is 20.4 Å². The van der Waals surface area contributed by atoms with Crippen molar-refractivity contribution in [3.63, 3.8) is 0 Å². The van der Waals surface area contributed by atoms with Crippen LogP contribution in [0.5, 0.6) is 11.5 Å². The van der Waals surface area contributed by atoms with Crippen molar-refractivity contribution in [1.82, 2.24) is 5.32 Å². The first-order valence-corrected chi connectivity index (χ1v) is 8.23. The molecule has 2 heterocycles. The van der Waals surface area contributed by atoms with E-state index in [-0.39, 0.29) is 19.2 Å². The largest absolute Gasteiger partial charge is 0.454 e. The van der Waals surface area contributed by atoms with Gasteiger partial charge in [0.05, 0.1) is 0 Å². The van der Waals surface area contributed by atoms with Crippen LogP contribution in [0.15, 0.2) is 45.6 Å². The summed E-state index contributed by atoms with van der Waals surface area (Å²) in [4.78, 5) is 24.3. The fourth-order valence-electron chi connectivity index (χ4n) is 2.94. The van der Waals surface area contributed by atoms with Crippen molar-refractivity contribution >= 4 is 16.9 Å². The van der Waals surface area contributed by atoms with Crippen LogP contribution in [-0.4, -0.2) is 12.7 Å². The fourth-order valence-corrected chi connectivity index (χ4v) is 2.94. The van der Waals surface area contributed by atoms with Gasteiger partial charge in [-0.05, 0) is 60.9 Å². The number of amides is 1. The zero-order valence-electron chi connectivity index (χ0n) is 14.4. The summed E-state index contributed by atoms with van der Waals surface area (Å²) in [6.07, 6.45) is 0. The molecule has 6 heteroatoms. The van der Waals surface area contributed by atoms with Crippen LogP contribution in [0.25, 0.3) is 11.0 Å². The number of aryl methyl sites for hydroxylation is 2. The summed E-state index contributed by atoms with van der Waals surface area (Å²) < 4.78 is 15.8. The van der Waals surface area contributed by atoms with Crippen LogP contribution in [-0.2, 0) is 6.54 Å². The van der Waals surface area contributed by atoms with Crippen LogP contribution in [0.3, 0.4) is 0 Å². The smallest absolute Gasteiger partial charge is 0.336 e. The molecule has 0 unspecified atom stereocenters. The lowest BCUT2D eigenvalue weighted by molar-refractivity contribution is 0.0950. The Labute approximate surface area is 149 Å². The minimum absolute atomic E-state index is 0.158. The number of rotatable bonds is 3. The Kier molecular flexibility index (Phi) is 3.88. The average Bonchev–Trinajstić information content (AvgIpc) is 3.08. The predicted octanol–water partition coefficient (Wildman–Crippen LogP) is 3.07. The molecule has 0 radical (unpaired) electrons. The third kappa shape index (κ3) is 2.90. The van der Waals surface area contributed by atoms with Gasteiger partial charge in [0.2, 0.25) is 6.79 Å². The first-order valence-electron chi connectivity index (χ1n) is 8.23. The molecular weight excluding hydrogens is 334 g/mol. The highest BCUT2D eigenvalue weighted by Crippen LogP contribution is 2.32. The number of carbonyl (C=O) groups excluding carboxylic acids is 1. The number of benzene rings is 2. The van der Waals surface area contributed by atoms with Gasteiger partial charge in [-0.2, -0.15) is 0 Å². The Morgan fingerprint density at radius 2 is 1.81 bits per heavy atom. The summed E-state index contributed by atoms with van der Waals surface area (Å²) in [5.74, 6) is 0.919. The molecule has 26 heavy (non-hydrogen) atoms. The third-order valence-corrected chi connectivity index (χ3v) is 4.52. The van der Waals surface area contributed by atoms with E-state index in [2.05, 4.69) is 5.32 Å². The minimum Gasteiger partial charge on any atom is -0.454 e. The number of hydrogen-bond donors (Lipinski definition) is 1. The van der Waals surface area contributed by atoms with E-state index >= 15 is 0 Å². The molecule has 4 rings (SSSR count). The molecule has 1 aliphatic heterocycles. The van der Waals surface area contributed by atoms with Crippen LogP contribution in [0.1, 0.15) is 27.0 Å². The van der Waals surface area contributed by atoms with E-state index in [1.54, 1.807) is 18.2 Å². The molecule has 2 aromatic carbocycles. The normalized spacial score (nSPS) is 12.4. The number of hydrogen-bond acceptors (Lipinski definition) is 5. The Morgan fingerprint density at radius 1 is 1.04 bits per heavy atom. The lowest BCUT2D eigenvalue weighted by Crippen LogP contribution is -2.23. The molecule has 0 fully saturated rings. The van der Waals surface area contributed by atoms with Crippen molar-refractivity contribution in [2.75, 3.05) is 6.79 Å². The SMILES string of the molecule is Cc1cc2oc(=O)cc(CNC(=O)c3ccc4c(c3)OCO4)c2cc1C. The average molecular weight is 351 g/mol. The van der Waals surface area contributed by atoms with E-state index < -0.39 is 5.63 Å². The molecule has 3 aromatic rings. The monoisotopic (exact) mass is 351 g/mol. The number of nitrogens with one attached hydrogen (secondary N) is 1. The van der Waals surface area contributed by atoms with E-state index in [1.165, 1.54) is 6.07 Å². The van der Waals surface area contributed by atoms with Gasteiger partial charge in [-0.3, -0.25) is 4.79 Å². The van der Waals surface area contributed by atoms with Crippen molar-refractivity contribution in [3.8, 4) is 11.5 Å². The van der Waals surface area contributed by atoms with Crippen molar-refractivity contribution in [2.45, 2.75) is 20.4 Å². The summed E-state index contributed by atoms with van der Waals surface area (Å²) >= 11 is 0. The molecule has 0 bridgehead atoms.